The maximum absolute atomic E-state index is 12.8. The Hall–Kier alpha value is -1.81. The van der Waals surface area contributed by atoms with E-state index in [1.165, 1.54) is 12.1 Å². The highest BCUT2D eigenvalue weighted by Crippen LogP contribution is 2.15. The van der Waals surface area contributed by atoms with Crippen LogP contribution in [0.15, 0.2) is 30.5 Å². The summed E-state index contributed by atoms with van der Waals surface area (Å²) in [6, 6.07) is 6.68. The Morgan fingerprint density at radius 3 is 2.53 bits per heavy atom. The maximum atomic E-state index is 12.8. The Kier molecular flexibility index (Phi) is 4.22. The van der Waals surface area contributed by atoms with Crippen LogP contribution in [0.5, 0.6) is 0 Å². The van der Waals surface area contributed by atoms with Gasteiger partial charge >= 0.3 is 0 Å². The monoisotopic (exact) mass is 259 g/mol. The summed E-state index contributed by atoms with van der Waals surface area (Å²) in [5.74, 6) is 0.537. The van der Waals surface area contributed by atoms with Crippen LogP contribution in [0.3, 0.4) is 0 Å². The normalized spacial score (nSPS) is 12.4. The molecule has 2 rings (SSSR count). The molecule has 3 nitrogen and oxygen atoms in total. The van der Waals surface area contributed by atoms with Crippen molar-refractivity contribution in [1.29, 1.82) is 0 Å². The molecule has 2 aromatic rings. The zero-order chi connectivity index (χ0) is 13.8. The largest absolute Gasteiger partial charge is 0.313 e. The summed E-state index contributed by atoms with van der Waals surface area (Å²) >= 11 is 0. The zero-order valence-electron chi connectivity index (χ0n) is 11.4. The van der Waals surface area contributed by atoms with Crippen LogP contribution in [0, 0.1) is 12.7 Å². The van der Waals surface area contributed by atoms with E-state index >= 15 is 0 Å². The van der Waals surface area contributed by atoms with Gasteiger partial charge in [-0.05, 0) is 38.6 Å². The Morgan fingerprint density at radius 1 is 1.26 bits per heavy atom. The van der Waals surface area contributed by atoms with Gasteiger partial charge in [0.2, 0.25) is 0 Å². The standard InChI is InChI=1S/C15H18FN3/c1-10(17-3)14-9-18-15(19-11(14)2)8-12-4-6-13(16)7-5-12/h4-7,9-10,17H,8H2,1-3H3. The number of hydrogen-bond acceptors (Lipinski definition) is 3. The minimum Gasteiger partial charge on any atom is -0.313 e. The van der Waals surface area contributed by atoms with Gasteiger partial charge in [-0.25, -0.2) is 14.4 Å². The second-order valence-electron chi connectivity index (χ2n) is 4.64. The highest BCUT2D eigenvalue weighted by atomic mass is 19.1. The van der Waals surface area contributed by atoms with Gasteiger partial charge in [0.1, 0.15) is 11.6 Å². The van der Waals surface area contributed by atoms with Crippen LogP contribution in [0.2, 0.25) is 0 Å². The third kappa shape index (κ3) is 3.35. The van der Waals surface area contributed by atoms with Crippen molar-refractivity contribution in [3.8, 4) is 0 Å². The van der Waals surface area contributed by atoms with Gasteiger partial charge in [0.15, 0.2) is 0 Å². The lowest BCUT2D eigenvalue weighted by molar-refractivity contribution is 0.627. The van der Waals surface area contributed by atoms with Crippen LogP contribution in [-0.4, -0.2) is 17.0 Å². The number of halogens is 1. The van der Waals surface area contributed by atoms with Crippen molar-refractivity contribution in [2.24, 2.45) is 0 Å². The molecule has 0 amide bonds. The van der Waals surface area contributed by atoms with E-state index < -0.39 is 0 Å². The number of hydrogen-bond donors (Lipinski definition) is 1. The van der Waals surface area contributed by atoms with Gasteiger partial charge < -0.3 is 5.32 Å². The Bertz CT molecular complexity index is 552. The van der Waals surface area contributed by atoms with Crippen molar-refractivity contribution in [3.63, 3.8) is 0 Å². The molecular formula is C15H18FN3. The summed E-state index contributed by atoms with van der Waals surface area (Å²) in [6.07, 6.45) is 2.48. The molecule has 0 aliphatic heterocycles. The van der Waals surface area contributed by atoms with E-state index in [1.54, 1.807) is 12.1 Å². The fourth-order valence-corrected chi connectivity index (χ4v) is 1.98. The van der Waals surface area contributed by atoms with E-state index in [-0.39, 0.29) is 11.9 Å². The van der Waals surface area contributed by atoms with Crippen molar-refractivity contribution in [1.82, 2.24) is 15.3 Å². The molecule has 1 aromatic carbocycles. The SMILES string of the molecule is CNC(C)c1cnc(Cc2ccc(F)cc2)nc1C. The van der Waals surface area contributed by atoms with E-state index in [0.717, 1.165) is 22.6 Å². The molecule has 0 aliphatic carbocycles. The summed E-state index contributed by atoms with van der Waals surface area (Å²) < 4.78 is 12.8. The molecule has 0 fully saturated rings. The minimum absolute atomic E-state index is 0.223. The van der Waals surface area contributed by atoms with Crippen LogP contribution in [-0.2, 0) is 6.42 Å². The predicted molar refractivity (Wildman–Crippen MR) is 73.4 cm³/mol. The van der Waals surface area contributed by atoms with Gasteiger partial charge in [0, 0.05) is 29.9 Å². The molecule has 4 heteroatoms. The molecule has 19 heavy (non-hydrogen) atoms. The van der Waals surface area contributed by atoms with Gasteiger partial charge in [-0.15, -0.1) is 0 Å². The molecule has 0 bridgehead atoms. The Morgan fingerprint density at radius 2 is 1.95 bits per heavy atom. The van der Waals surface area contributed by atoms with Crippen LogP contribution >= 0.6 is 0 Å². The summed E-state index contributed by atoms with van der Waals surface area (Å²) in [4.78, 5) is 8.90. The molecule has 0 saturated carbocycles. The van der Waals surface area contributed by atoms with Crippen molar-refractivity contribution >= 4 is 0 Å². The molecule has 0 spiro atoms. The molecule has 1 atom stereocenters. The van der Waals surface area contributed by atoms with Gasteiger partial charge in [-0.1, -0.05) is 12.1 Å². The summed E-state index contributed by atoms with van der Waals surface area (Å²) in [5.41, 5.74) is 3.09. The van der Waals surface area contributed by atoms with Crippen molar-refractivity contribution in [3.05, 3.63) is 58.9 Å². The average Bonchev–Trinajstić information content (AvgIpc) is 2.41. The first kappa shape index (κ1) is 13.6. The van der Waals surface area contributed by atoms with Gasteiger partial charge in [-0.2, -0.15) is 0 Å². The Labute approximate surface area is 112 Å². The number of nitrogens with zero attached hydrogens (tertiary/aromatic N) is 2. The van der Waals surface area contributed by atoms with Crippen LogP contribution in [0.4, 0.5) is 4.39 Å². The molecule has 0 aliphatic rings. The van der Waals surface area contributed by atoms with Crippen molar-refractivity contribution in [2.75, 3.05) is 7.05 Å². The van der Waals surface area contributed by atoms with Crippen LogP contribution in [0.1, 0.15) is 35.6 Å². The van der Waals surface area contributed by atoms with E-state index in [4.69, 9.17) is 0 Å². The molecule has 0 radical (unpaired) electrons. The number of benzene rings is 1. The second kappa shape index (κ2) is 5.89. The van der Waals surface area contributed by atoms with Gasteiger partial charge in [-0.3, -0.25) is 0 Å². The van der Waals surface area contributed by atoms with E-state index in [0.29, 0.717) is 6.42 Å². The maximum Gasteiger partial charge on any atom is 0.132 e. The number of rotatable bonds is 4. The molecule has 1 heterocycles. The number of aryl methyl sites for hydroxylation is 1. The molecule has 1 N–H and O–H groups in total. The first-order valence-electron chi connectivity index (χ1n) is 6.34. The lowest BCUT2D eigenvalue weighted by atomic mass is 10.1. The molecule has 1 unspecified atom stereocenters. The van der Waals surface area contributed by atoms with Crippen molar-refractivity contribution in [2.45, 2.75) is 26.3 Å². The molecule has 100 valence electrons. The minimum atomic E-state index is -0.223. The third-order valence-electron chi connectivity index (χ3n) is 3.24. The molecular weight excluding hydrogens is 241 g/mol. The Balaban J connectivity index is 2.18. The molecule has 1 aromatic heterocycles. The van der Waals surface area contributed by atoms with Crippen LogP contribution < -0.4 is 5.32 Å². The summed E-state index contributed by atoms with van der Waals surface area (Å²) in [5, 5.41) is 3.18. The first-order valence-corrected chi connectivity index (χ1v) is 6.34. The van der Waals surface area contributed by atoms with Crippen molar-refractivity contribution < 1.29 is 4.39 Å². The highest BCUT2D eigenvalue weighted by Gasteiger charge is 2.09. The van der Waals surface area contributed by atoms with Gasteiger partial charge in [0.25, 0.3) is 0 Å². The number of aromatic nitrogens is 2. The third-order valence-corrected chi connectivity index (χ3v) is 3.24. The fourth-order valence-electron chi connectivity index (χ4n) is 1.98. The summed E-state index contributed by atoms with van der Waals surface area (Å²) in [6.45, 7) is 4.06. The second-order valence-corrected chi connectivity index (χ2v) is 4.64. The van der Waals surface area contributed by atoms with E-state index in [9.17, 15) is 4.39 Å². The lowest BCUT2D eigenvalue weighted by Crippen LogP contribution is -2.15. The predicted octanol–water partition coefficient (Wildman–Crippen LogP) is 2.80. The fraction of sp³-hybridized carbons (Fsp3) is 0.333. The highest BCUT2D eigenvalue weighted by molar-refractivity contribution is 5.23. The molecule has 0 saturated heterocycles. The lowest BCUT2D eigenvalue weighted by Gasteiger charge is -2.13. The zero-order valence-corrected chi connectivity index (χ0v) is 11.4. The average molecular weight is 259 g/mol. The smallest absolute Gasteiger partial charge is 0.132 e. The first-order chi connectivity index (χ1) is 9.10. The number of nitrogens with one attached hydrogen (secondary N) is 1. The van der Waals surface area contributed by atoms with E-state index in [1.807, 2.05) is 20.2 Å². The van der Waals surface area contributed by atoms with Crippen LogP contribution in [0.25, 0.3) is 0 Å². The van der Waals surface area contributed by atoms with Gasteiger partial charge in [0.05, 0.1) is 0 Å². The summed E-state index contributed by atoms with van der Waals surface area (Å²) in [7, 11) is 1.91. The topological polar surface area (TPSA) is 37.8 Å². The van der Waals surface area contributed by atoms with E-state index in [2.05, 4.69) is 22.2 Å². The quantitative estimate of drug-likeness (QED) is 0.917.